The van der Waals surface area contributed by atoms with Crippen molar-refractivity contribution in [3.05, 3.63) is 113 Å². The quantitative estimate of drug-likeness (QED) is 0.187. The molecule has 0 fully saturated rings. The zero-order chi connectivity index (χ0) is 31.1. The number of amides is 2. The number of nitrogens with zero attached hydrogens (tertiary/aromatic N) is 3. The smallest absolute Gasteiger partial charge is 0.408 e. The van der Waals surface area contributed by atoms with Crippen LogP contribution in [0.15, 0.2) is 79.0 Å². The number of aromatic amines is 1. The van der Waals surface area contributed by atoms with Gasteiger partial charge in [0.25, 0.3) is 0 Å². The van der Waals surface area contributed by atoms with Crippen LogP contribution in [0.1, 0.15) is 56.3 Å². The largest absolute Gasteiger partial charge is 0.508 e. The van der Waals surface area contributed by atoms with Gasteiger partial charge in [0.2, 0.25) is 5.91 Å². The van der Waals surface area contributed by atoms with Crippen molar-refractivity contribution < 1.29 is 19.4 Å². The second-order valence-electron chi connectivity index (χ2n) is 11.5. The molecule has 0 bridgehead atoms. The first-order valence-corrected chi connectivity index (χ1v) is 14.1. The molecule has 4 rings (SSSR count). The van der Waals surface area contributed by atoms with E-state index in [0.717, 1.165) is 27.9 Å². The molecule has 1 heterocycles. The first-order valence-electron chi connectivity index (χ1n) is 14.1. The number of aryl methyl sites for hydroxylation is 1. The van der Waals surface area contributed by atoms with E-state index in [-0.39, 0.29) is 24.6 Å². The summed E-state index contributed by atoms with van der Waals surface area (Å²) < 4.78 is 5.52. The number of nitrogens with one attached hydrogen (secondary N) is 2. The Bertz CT molecular complexity index is 1620. The number of phenols is 1. The van der Waals surface area contributed by atoms with Gasteiger partial charge in [-0.2, -0.15) is 0 Å². The van der Waals surface area contributed by atoms with Crippen LogP contribution in [0.2, 0.25) is 0 Å². The van der Waals surface area contributed by atoms with Gasteiger partial charge in [-0.15, -0.1) is 0 Å². The number of imidazole rings is 1. The summed E-state index contributed by atoms with van der Waals surface area (Å²) in [6, 6.07) is 20.3. The first-order chi connectivity index (χ1) is 20.4. The van der Waals surface area contributed by atoms with E-state index in [4.69, 9.17) is 11.3 Å². The van der Waals surface area contributed by atoms with Crippen LogP contribution >= 0.6 is 0 Å². The topological polar surface area (TPSA) is 112 Å². The predicted molar refractivity (Wildman–Crippen MR) is 165 cm³/mol. The molecule has 3 N–H and O–H groups in total. The van der Waals surface area contributed by atoms with Crippen LogP contribution in [0, 0.1) is 13.5 Å². The van der Waals surface area contributed by atoms with Crippen molar-refractivity contribution in [2.24, 2.45) is 0 Å². The number of hydrogen-bond donors (Lipinski definition) is 3. The number of benzene rings is 3. The van der Waals surface area contributed by atoms with Crippen LogP contribution in [0.4, 0.5) is 10.5 Å². The Morgan fingerprint density at radius 2 is 1.84 bits per heavy atom. The molecule has 0 aliphatic carbocycles. The summed E-state index contributed by atoms with van der Waals surface area (Å²) in [7, 11) is 0. The fraction of sp³-hybridized carbons (Fsp3) is 0.294. The Morgan fingerprint density at radius 1 is 1.09 bits per heavy atom. The molecule has 4 aromatic rings. The van der Waals surface area contributed by atoms with Gasteiger partial charge >= 0.3 is 6.09 Å². The average molecular weight is 580 g/mol. The molecule has 0 aliphatic heterocycles. The molecule has 9 nitrogen and oxygen atoms in total. The van der Waals surface area contributed by atoms with Gasteiger partial charge in [-0.3, -0.25) is 4.79 Å². The number of rotatable bonds is 9. The van der Waals surface area contributed by atoms with Crippen LogP contribution < -0.4 is 5.32 Å². The lowest BCUT2D eigenvalue weighted by Gasteiger charge is -2.33. The number of carbonyl (C=O) groups is 2. The lowest BCUT2D eigenvalue weighted by atomic mass is 9.99. The molecule has 0 aliphatic rings. The highest BCUT2D eigenvalue weighted by Gasteiger charge is 2.33. The predicted octanol–water partition coefficient (Wildman–Crippen LogP) is 6.87. The fourth-order valence-electron chi connectivity index (χ4n) is 4.77. The Balaban J connectivity index is 1.72. The maximum absolute atomic E-state index is 14.5. The molecule has 0 saturated heterocycles. The molecular weight excluding hydrogens is 542 g/mol. The van der Waals surface area contributed by atoms with Gasteiger partial charge in [0.05, 0.1) is 24.5 Å². The van der Waals surface area contributed by atoms with Gasteiger partial charge in [-0.25, -0.2) is 14.6 Å². The lowest BCUT2D eigenvalue weighted by Crippen LogP contribution is -2.51. The molecular formula is C34H37N5O4. The highest BCUT2D eigenvalue weighted by Crippen LogP contribution is 2.27. The number of hydrogen-bond acceptors (Lipinski definition) is 5. The Labute approximate surface area is 252 Å². The van der Waals surface area contributed by atoms with Crippen LogP contribution in [0.3, 0.4) is 0 Å². The molecule has 0 unspecified atom stereocenters. The summed E-state index contributed by atoms with van der Waals surface area (Å²) in [5, 5.41) is 12.7. The molecule has 2 atom stereocenters. The molecule has 3 aromatic carbocycles. The molecule has 0 saturated carbocycles. The normalized spacial score (nSPS) is 12.6. The van der Waals surface area contributed by atoms with Gasteiger partial charge < -0.3 is 25.0 Å². The van der Waals surface area contributed by atoms with E-state index in [1.165, 1.54) is 0 Å². The van der Waals surface area contributed by atoms with E-state index in [1.807, 2.05) is 50.2 Å². The van der Waals surface area contributed by atoms with Crippen molar-refractivity contribution >= 4 is 17.7 Å². The molecule has 9 heteroatoms. The Morgan fingerprint density at radius 3 is 2.51 bits per heavy atom. The zero-order valence-corrected chi connectivity index (χ0v) is 25.1. The highest BCUT2D eigenvalue weighted by molar-refractivity contribution is 5.86. The summed E-state index contributed by atoms with van der Waals surface area (Å²) in [5.74, 6) is 0.341. The number of phenolic OH excluding ortho intramolecular Hbond substituents is 1. The van der Waals surface area contributed by atoms with Gasteiger partial charge in [-0.1, -0.05) is 60.7 Å². The monoisotopic (exact) mass is 579 g/mol. The summed E-state index contributed by atoms with van der Waals surface area (Å²) in [6.45, 7) is 16.6. The van der Waals surface area contributed by atoms with Crippen molar-refractivity contribution in [2.75, 3.05) is 0 Å². The number of aromatic nitrogens is 2. The maximum Gasteiger partial charge on any atom is 0.408 e. The summed E-state index contributed by atoms with van der Waals surface area (Å²) >= 11 is 0. The van der Waals surface area contributed by atoms with Crippen molar-refractivity contribution in [1.29, 1.82) is 0 Å². The molecule has 0 spiro atoms. The van der Waals surface area contributed by atoms with Gasteiger partial charge in [-0.05, 0) is 69.0 Å². The average Bonchev–Trinajstić information content (AvgIpc) is 3.46. The Hall–Kier alpha value is -5.10. The van der Waals surface area contributed by atoms with Crippen molar-refractivity contribution in [2.45, 2.75) is 65.3 Å². The van der Waals surface area contributed by atoms with Crippen LogP contribution in [0.5, 0.6) is 5.75 Å². The minimum Gasteiger partial charge on any atom is -0.508 e. The third-order valence-corrected chi connectivity index (χ3v) is 6.96. The number of alkyl carbamates (subject to hydrolysis) is 1. The number of aromatic hydroxyl groups is 1. The third-order valence-electron chi connectivity index (χ3n) is 6.96. The van der Waals surface area contributed by atoms with Gasteiger partial charge in [0, 0.05) is 13.0 Å². The maximum atomic E-state index is 14.5. The third kappa shape index (κ3) is 8.23. The summed E-state index contributed by atoms with van der Waals surface area (Å²) in [5.41, 5.74) is 3.81. The number of ether oxygens (including phenoxy) is 1. The number of H-pyrrole nitrogens is 1. The van der Waals surface area contributed by atoms with E-state index < -0.39 is 23.8 Å². The molecule has 2 amide bonds. The van der Waals surface area contributed by atoms with Crippen LogP contribution in [0.25, 0.3) is 16.1 Å². The molecule has 1 aromatic heterocycles. The molecule has 0 radical (unpaired) electrons. The summed E-state index contributed by atoms with van der Waals surface area (Å²) in [6.07, 6.45) is 1.19. The highest BCUT2D eigenvalue weighted by atomic mass is 16.6. The van der Waals surface area contributed by atoms with Gasteiger partial charge in [0.1, 0.15) is 23.2 Å². The summed E-state index contributed by atoms with van der Waals surface area (Å²) in [4.78, 5) is 40.6. The van der Waals surface area contributed by atoms with Gasteiger partial charge in [0.15, 0.2) is 5.69 Å². The van der Waals surface area contributed by atoms with E-state index in [0.29, 0.717) is 11.5 Å². The minimum absolute atomic E-state index is 0.117. The van der Waals surface area contributed by atoms with Crippen molar-refractivity contribution in [1.82, 2.24) is 20.2 Å². The van der Waals surface area contributed by atoms with E-state index in [9.17, 15) is 14.7 Å². The fourth-order valence-corrected chi connectivity index (χ4v) is 4.77. The SMILES string of the molecule is [C-]#[N+]c1cccc(CN(C(=O)[C@H](Cc2ccc(O)cc2C)NC(=O)OC(C)(C)C)[C@@H](C)c2ncc(-c3ccccc3)[nH]2)c1. The standard InChI is InChI=1S/C34H37N5O4/c1-22-17-28(40)16-15-26(22)19-29(38-33(42)43-34(3,4)5)32(41)39(21-24-11-10-14-27(18-24)35-6)23(2)31-36-20-30(37-31)25-12-8-7-9-13-25/h7-18,20,23,29,40H,19,21H2,1-5H3,(H,36,37)(H,38,42)/t23-,29-/m0/s1. The van der Waals surface area contributed by atoms with Crippen LogP contribution in [-0.4, -0.2) is 43.6 Å². The van der Waals surface area contributed by atoms with Crippen LogP contribution in [-0.2, 0) is 22.5 Å². The Kier molecular flexibility index (Phi) is 9.51. The van der Waals surface area contributed by atoms with E-state index in [2.05, 4.69) is 20.1 Å². The second kappa shape index (κ2) is 13.3. The van der Waals surface area contributed by atoms with E-state index >= 15 is 0 Å². The van der Waals surface area contributed by atoms with E-state index in [1.54, 1.807) is 68.3 Å². The minimum atomic E-state index is -0.992. The first kappa shape index (κ1) is 30.8. The molecule has 43 heavy (non-hydrogen) atoms. The van der Waals surface area contributed by atoms with Crippen molar-refractivity contribution in [3.63, 3.8) is 0 Å². The lowest BCUT2D eigenvalue weighted by molar-refractivity contribution is -0.136. The van der Waals surface area contributed by atoms with Crippen molar-refractivity contribution in [3.8, 4) is 17.0 Å². The second-order valence-corrected chi connectivity index (χ2v) is 11.5. The zero-order valence-electron chi connectivity index (χ0n) is 25.1. The molecule has 222 valence electrons. The number of carbonyl (C=O) groups excluding carboxylic acids is 2.